The van der Waals surface area contributed by atoms with Crippen LogP contribution in [0.2, 0.25) is 0 Å². The predicted molar refractivity (Wildman–Crippen MR) is 66.4 cm³/mol. The molecule has 1 atom stereocenters. The number of hydrogen-bond donors (Lipinski definition) is 2. The van der Waals surface area contributed by atoms with Crippen LogP contribution in [0.5, 0.6) is 0 Å². The van der Waals surface area contributed by atoms with Crippen LogP contribution in [-0.4, -0.2) is 21.9 Å². The summed E-state index contributed by atoms with van der Waals surface area (Å²) in [6.07, 6.45) is 3.24. The molecule has 2 rings (SSSR count). The molecule has 0 saturated heterocycles. The van der Waals surface area contributed by atoms with E-state index in [9.17, 15) is 4.21 Å². The molecule has 0 bridgehead atoms. The van der Waals surface area contributed by atoms with Crippen LogP contribution in [-0.2, 0) is 16.8 Å². The number of benzene rings is 1. The Morgan fingerprint density at radius 2 is 2.06 bits per heavy atom. The molecule has 1 aliphatic rings. The van der Waals surface area contributed by atoms with Crippen LogP contribution < -0.4 is 5.32 Å². The molecular weight excluding hydrogens is 222 g/mol. The van der Waals surface area contributed by atoms with Crippen LogP contribution >= 0.6 is 0 Å². The monoisotopic (exact) mass is 237 g/mol. The van der Waals surface area contributed by atoms with Crippen molar-refractivity contribution in [1.29, 1.82) is 0 Å². The van der Waals surface area contributed by atoms with E-state index in [0.29, 0.717) is 0 Å². The molecule has 0 aromatic heterocycles. The fourth-order valence-corrected chi connectivity index (χ4v) is 2.32. The molecule has 1 heterocycles. The van der Waals surface area contributed by atoms with Crippen molar-refractivity contribution < 1.29 is 8.76 Å². The zero-order valence-electron chi connectivity index (χ0n) is 8.98. The maximum absolute atomic E-state index is 10.6. The van der Waals surface area contributed by atoms with E-state index in [0.717, 1.165) is 25.1 Å². The zero-order chi connectivity index (χ0) is 11.4. The lowest BCUT2D eigenvalue weighted by atomic mass is 9.99. The summed E-state index contributed by atoms with van der Waals surface area (Å²) in [5.74, 6) is 0.209. The van der Waals surface area contributed by atoms with Crippen molar-refractivity contribution in [3.63, 3.8) is 0 Å². The average molecular weight is 237 g/mol. The molecule has 1 aliphatic heterocycles. The van der Waals surface area contributed by atoms with Crippen LogP contribution in [0.25, 0.3) is 5.57 Å². The van der Waals surface area contributed by atoms with Gasteiger partial charge in [0.15, 0.2) is 11.1 Å². The van der Waals surface area contributed by atoms with Gasteiger partial charge in [-0.25, -0.2) is 4.21 Å². The summed E-state index contributed by atoms with van der Waals surface area (Å²) >= 11 is -1.75. The topological polar surface area (TPSA) is 49.3 Å². The smallest absolute Gasteiger partial charge is 0.157 e. The number of hydrogen-bond acceptors (Lipinski definition) is 2. The molecule has 1 aromatic carbocycles. The van der Waals surface area contributed by atoms with E-state index >= 15 is 0 Å². The first-order valence-electron chi connectivity index (χ1n) is 5.32. The summed E-state index contributed by atoms with van der Waals surface area (Å²) < 4.78 is 19.4. The maximum atomic E-state index is 10.6. The number of rotatable bonds is 3. The average Bonchev–Trinajstić information content (AvgIpc) is 2.30. The lowest BCUT2D eigenvalue weighted by Gasteiger charge is -2.14. The standard InChI is InChI=1S/C12H15NO2S/c14-16(15)9-10-1-3-11(4-2-10)12-5-7-13-8-6-12/h1-5,13H,6-9H2,(H,14,15). The van der Waals surface area contributed by atoms with Gasteiger partial charge in [-0.1, -0.05) is 30.3 Å². The van der Waals surface area contributed by atoms with Gasteiger partial charge in [0.1, 0.15) is 0 Å². The largest absolute Gasteiger partial charge is 0.313 e. The summed E-state index contributed by atoms with van der Waals surface area (Å²) in [4.78, 5) is 0. The fraction of sp³-hybridized carbons (Fsp3) is 0.333. The Labute approximate surface area is 97.9 Å². The van der Waals surface area contributed by atoms with Crippen molar-refractivity contribution in [2.75, 3.05) is 13.1 Å². The van der Waals surface area contributed by atoms with Crippen molar-refractivity contribution in [2.45, 2.75) is 12.2 Å². The molecule has 3 nitrogen and oxygen atoms in total. The van der Waals surface area contributed by atoms with Gasteiger partial charge in [-0.3, -0.25) is 0 Å². The first-order valence-corrected chi connectivity index (χ1v) is 6.60. The van der Waals surface area contributed by atoms with Gasteiger partial charge < -0.3 is 9.87 Å². The Morgan fingerprint density at radius 1 is 1.31 bits per heavy atom. The number of nitrogens with one attached hydrogen (secondary N) is 1. The van der Waals surface area contributed by atoms with E-state index < -0.39 is 11.1 Å². The molecule has 0 saturated carbocycles. The molecule has 1 unspecified atom stereocenters. The quantitative estimate of drug-likeness (QED) is 0.788. The second-order valence-corrected chi connectivity index (χ2v) is 4.78. The van der Waals surface area contributed by atoms with Crippen LogP contribution in [0, 0.1) is 0 Å². The third-order valence-corrected chi connectivity index (χ3v) is 3.26. The Kier molecular flexibility index (Phi) is 3.88. The Morgan fingerprint density at radius 3 is 2.62 bits per heavy atom. The highest BCUT2D eigenvalue weighted by atomic mass is 32.2. The second kappa shape index (κ2) is 5.39. The first kappa shape index (κ1) is 11.5. The molecule has 0 fully saturated rings. The van der Waals surface area contributed by atoms with Gasteiger partial charge in [-0.05, 0) is 29.7 Å². The summed E-state index contributed by atoms with van der Waals surface area (Å²) in [5, 5.41) is 3.27. The van der Waals surface area contributed by atoms with Gasteiger partial charge in [0.2, 0.25) is 0 Å². The highest BCUT2D eigenvalue weighted by Gasteiger charge is 2.05. The maximum Gasteiger partial charge on any atom is 0.157 e. The first-order chi connectivity index (χ1) is 7.75. The van der Waals surface area contributed by atoms with Crippen LogP contribution in [0.3, 0.4) is 0 Å². The van der Waals surface area contributed by atoms with Gasteiger partial charge in [-0.15, -0.1) is 0 Å². The summed E-state index contributed by atoms with van der Waals surface area (Å²) in [6, 6.07) is 7.90. The fourth-order valence-electron chi connectivity index (χ4n) is 1.84. The molecule has 2 N–H and O–H groups in total. The van der Waals surface area contributed by atoms with E-state index in [1.54, 1.807) is 0 Å². The minimum atomic E-state index is -1.75. The molecule has 86 valence electrons. The molecule has 0 radical (unpaired) electrons. The van der Waals surface area contributed by atoms with E-state index in [4.69, 9.17) is 4.55 Å². The minimum absolute atomic E-state index is 0.209. The van der Waals surface area contributed by atoms with Gasteiger partial charge in [0.25, 0.3) is 0 Å². The van der Waals surface area contributed by atoms with E-state index in [2.05, 4.69) is 11.4 Å². The van der Waals surface area contributed by atoms with Crippen LogP contribution in [0.4, 0.5) is 0 Å². The minimum Gasteiger partial charge on any atom is -0.313 e. The molecule has 0 spiro atoms. The van der Waals surface area contributed by atoms with E-state index in [-0.39, 0.29) is 5.75 Å². The molecule has 4 heteroatoms. The zero-order valence-corrected chi connectivity index (χ0v) is 9.80. The molecule has 0 amide bonds. The van der Waals surface area contributed by atoms with Crippen LogP contribution in [0.15, 0.2) is 30.3 Å². The van der Waals surface area contributed by atoms with Gasteiger partial charge in [0, 0.05) is 6.54 Å². The van der Waals surface area contributed by atoms with Gasteiger partial charge in [-0.2, -0.15) is 0 Å². The van der Waals surface area contributed by atoms with Crippen molar-refractivity contribution in [3.8, 4) is 0 Å². The molecule has 0 aliphatic carbocycles. The highest BCUT2D eigenvalue weighted by Crippen LogP contribution is 2.20. The van der Waals surface area contributed by atoms with Crippen molar-refractivity contribution >= 4 is 16.7 Å². The summed E-state index contributed by atoms with van der Waals surface area (Å²) in [7, 11) is 0. The summed E-state index contributed by atoms with van der Waals surface area (Å²) in [5.41, 5.74) is 3.48. The lowest BCUT2D eigenvalue weighted by molar-refractivity contribution is 0.563. The Hall–Kier alpha value is -0.970. The van der Waals surface area contributed by atoms with Crippen molar-refractivity contribution in [2.24, 2.45) is 0 Å². The van der Waals surface area contributed by atoms with Gasteiger partial charge in [0.05, 0.1) is 5.75 Å². The molecular formula is C12H15NO2S. The van der Waals surface area contributed by atoms with Gasteiger partial charge >= 0.3 is 0 Å². The third kappa shape index (κ3) is 3.01. The lowest BCUT2D eigenvalue weighted by Crippen LogP contribution is -2.19. The Balaban J connectivity index is 2.12. The van der Waals surface area contributed by atoms with Crippen molar-refractivity contribution in [1.82, 2.24) is 5.32 Å². The molecule has 16 heavy (non-hydrogen) atoms. The van der Waals surface area contributed by atoms with E-state index in [1.807, 2.05) is 24.3 Å². The SMILES string of the molecule is O=S(O)Cc1ccc(C2=CCNCC2)cc1. The summed E-state index contributed by atoms with van der Waals surface area (Å²) in [6.45, 7) is 1.95. The third-order valence-electron chi connectivity index (χ3n) is 2.68. The molecule has 1 aromatic rings. The second-order valence-electron chi connectivity index (χ2n) is 3.85. The Bertz CT molecular complexity index is 412. The predicted octanol–water partition coefficient (Wildman–Crippen LogP) is 1.79. The van der Waals surface area contributed by atoms with E-state index in [1.165, 1.54) is 11.1 Å². The highest BCUT2D eigenvalue weighted by molar-refractivity contribution is 7.78. The van der Waals surface area contributed by atoms with Crippen LogP contribution in [0.1, 0.15) is 17.5 Å². The normalized spacial score (nSPS) is 17.9. The van der Waals surface area contributed by atoms with Crippen molar-refractivity contribution in [3.05, 3.63) is 41.5 Å².